The van der Waals surface area contributed by atoms with E-state index in [1.807, 2.05) is 0 Å². The summed E-state index contributed by atoms with van der Waals surface area (Å²) >= 11 is 17.8. The van der Waals surface area contributed by atoms with Crippen LogP contribution in [0.15, 0.2) is 18.3 Å². The van der Waals surface area contributed by atoms with Gasteiger partial charge in [-0.05, 0) is 0 Å². The Morgan fingerprint density at radius 1 is 1.24 bits per heavy atom. The second-order valence-electron chi connectivity index (χ2n) is 3.69. The fourth-order valence-corrected chi connectivity index (χ4v) is 2.07. The fraction of sp³-hybridized carbons (Fsp3) is 0.0909. The predicted molar refractivity (Wildman–Crippen MR) is 79.8 cm³/mol. The summed E-state index contributed by atoms with van der Waals surface area (Å²) in [5.41, 5.74) is -0.248. The summed E-state index contributed by atoms with van der Waals surface area (Å²) in [5.74, 6) is 0.323. The van der Waals surface area contributed by atoms with E-state index in [1.165, 1.54) is 6.20 Å². The van der Waals surface area contributed by atoms with Gasteiger partial charge in [-0.25, -0.2) is 4.98 Å². The molecule has 0 bridgehead atoms. The van der Waals surface area contributed by atoms with Crippen LogP contribution in [0, 0.1) is 10.1 Å². The molecule has 0 saturated heterocycles. The van der Waals surface area contributed by atoms with Gasteiger partial charge in [-0.2, -0.15) is 4.98 Å². The second-order valence-corrected chi connectivity index (χ2v) is 4.92. The van der Waals surface area contributed by atoms with E-state index in [0.29, 0.717) is 0 Å². The van der Waals surface area contributed by atoms with E-state index in [4.69, 9.17) is 39.5 Å². The van der Waals surface area contributed by atoms with Crippen LogP contribution in [0.25, 0.3) is 0 Å². The minimum absolute atomic E-state index is 0.0200. The minimum atomic E-state index is -0.613. The standard InChI is InChI=1S/C11H7Cl3N4O3/c1-15-11-16-4-8(14)10(17-11)21-9-6(12)2-5(18(19)20)3-7(9)13/h2-4H,1H3,(H,15,16,17). The molecule has 0 amide bonds. The maximum absolute atomic E-state index is 10.7. The van der Waals surface area contributed by atoms with Gasteiger partial charge in [0.05, 0.1) is 21.2 Å². The van der Waals surface area contributed by atoms with E-state index in [2.05, 4.69) is 15.3 Å². The van der Waals surface area contributed by atoms with Crippen molar-refractivity contribution < 1.29 is 9.66 Å². The zero-order chi connectivity index (χ0) is 15.6. The third kappa shape index (κ3) is 3.44. The Bertz CT molecular complexity index is 688. The molecule has 1 aromatic heterocycles. The maximum atomic E-state index is 10.7. The zero-order valence-electron chi connectivity index (χ0n) is 10.4. The highest BCUT2D eigenvalue weighted by Crippen LogP contribution is 2.40. The molecule has 0 saturated carbocycles. The van der Waals surface area contributed by atoms with E-state index in [9.17, 15) is 10.1 Å². The van der Waals surface area contributed by atoms with Gasteiger partial charge in [0, 0.05) is 19.2 Å². The molecule has 0 atom stereocenters. The number of non-ortho nitro benzene ring substituents is 1. The molecular formula is C11H7Cl3N4O3. The highest BCUT2D eigenvalue weighted by molar-refractivity contribution is 6.37. The highest BCUT2D eigenvalue weighted by Gasteiger charge is 2.18. The lowest BCUT2D eigenvalue weighted by atomic mass is 10.3. The fourth-order valence-electron chi connectivity index (χ4n) is 1.39. The van der Waals surface area contributed by atoms with E-state index >= 15 is 0 Å². The summed E-state index contributed by atoms with van der Waals surface area (Å²) < 4.78 is 5.44. The van der Waals surface area contributed by atoms with Gasteiger partial charge in [0.2, 0.25) is 11.8 Å². The van der Waals surface area contributed by atoms with Gasteiger partial charge in [0.15, 0.2) is 5.75 Å². The number of rotatable bonds is 4. The third-order valence-corrected chi connectivity index (χ3v) is 3.15. The van der Waals surface area contributed by atoms with Crippen LogP contribution >= 0.6 is 34.8 Å². The van der Waals surface area contributed by atoms with Crippen molar-refractivity contribution in [2.24, 2.45) is 0 Å². The number of nitrogens with one attached hydrogen (secondary N) is 1. The summed E-state index contributed by atoms with van der Waals surface area (Å²) in [4.78, 5) is 18.0. The van der Waals surface area contributed by atoms with Crippen molar-refractivity contribution in [3.8, 4) is 11.6 Å². The van der Waals surface area contributed by atoms with Gasteiger partial charge in [0.25, 0.3) is 5.69 Å². The first-order valence-corrected chi connectivity index (χ1v) is 6.57. The minimum Gasteiger partial charge on any atom is -0.434 e. The number of benzene rings is 1. The van der Waals surface area contributed by atoms with Crippen molar-refractivity contribution in [3.05, 3.63) is 43.5 Å². The molecule has 10 heteroatoms. The monoisotopic (exact) mass is 348 g/mol. The molecule has 0 spiro atoms. The quantitative estimate of drug-likeness (QED) is 0.658. The molecule has 1 heterocycles. The van der Waals surface area contributed by atoms with Crippen LogP contribution in [0.2, 0.25) is 15.1 Å². The maximum Gasteiger partial charge on any atom is 0.272 e. The van der Waals surface area contributed by atoms with Crippen molar-refractivity contribution in [2.75, 3.05) is 12.4 Å². The van der Waals surface area contributed by atoms with Crippen LogP contribution in [0.1, 0.15) is 0 Å². The highest BCUT2D eigenvalue weighted by atomic mass is 35.5. The van der Waals surface area contributed by atoms with Gasteiger partial charge in [-0.3, -0.25) is 10.1 Å². The van der Waals surface area contributed by atoms with Crippen LogP contribution in [0.3, 0.4) is 0 Å². The molecule has 21 heavy (non-hydrogen) atoms. The summed E-state index contributed by atoms with van der Waals surface area (Å²) in [5, 5.41) is 13.5. The molecular weight excluding hydrogens is 343 g/mol. The van der Waals surface area contributed by atoms with Gasteiger partial charge < -0.3 is 10.1 Å². The molecule has 1 aromatic carbocycles. The molecule has 0 aliphatic rings. The number of aromatic nitrogens is 2. The van der Waals surface area contributed by atoms with E-state index in [-0.39, 0.29) is 38.3 Å². The van der Waals surface area contributed by atoms with Crippen LogP contribution in [0.4, 0.5) is 11.6 Å². The Morgan fingerprint density at radius 2 is 1.86 bits per heavy atom. The summed E-state index contributed by atoms with van der Waals surface area (Å²) in [6.45, 7) is 0. The normalized spacial score (nSPS) is 10.3. The number of halogens is 3. The Hall–Kier alpha value is -1.83. The van der Waals surface area contributed by atoms with Gasteiger partial charge in [0.1, 0.15) is 5.02 Å². The molecule has 1 N–H and O–H groups in total. The first-order valence-electron chi connectivity index (χ1n) is 5.44. The topological polar surface area (TPSA) is 90.2 Å². The second kappa shape index (κ2) is 6.30. The lowest BCUT2D eigenvalue weighted by Crippen LogP contribution is -1.99. The van der Waals surface area contributed by atoms with E-state index < -0.39 is 4.92 Å². The number of hydrogen-bond acceptors (Lipinski definition) is 6. The number of hydrogen-bond donors (Lipinski definition) is 1. The van der Waals surface area contributed by atoms with Crippen LogP contribution in [-0.2, 0) is 0 Å². The number of nitro groups is 1. The SMILES string of the molecule is CNc1ncc(Cl)c(Oc2c(Cl)cc([N+](=O)[O-])cc2Cl)n1. The summed E-state index contributed by atoms with van der Waals surface area (Å²) in [7, 11) is 1.62. The van der Waals surface area contributed by atoms with E-state index in [0.717, 1.165) is 12.1 Å². The Kier molecular flexibility index (Phi) is 4.66. The molecule has 0 fully saturated rings. The smallest absolute Gasteiger partial charge is 0.272 e. The zero-order valence-corrected chi connectivity index (χ0v) is 12.7. The van der Waals surface area contributed by atoms with Crippen LogP contribution in [-0.4, -0.2) is 21.9 Å². The van der Waals surface area contributed by atoms with Crippen LogP contribution < -0.4 is 10.1 Å². The molecule has 0 radical (unpaired) electrons. The van der Waals surface area contributed by atoms with Gasteiger partial charge >= 0.3 is 0 Å². The van der Waals surface area contributed by atoms with Gasteiger partial charge in [-0.15, -0.1) is 0 Å². The van der Waals surface area contributed by atoms with Crippen molar-refractivity contribution >= 4 is 46.4 Å². The molecule has 0 aliphatic carbocycles. The summed E-state index contributed by atoms with van der Waals surface area (Å²) in [6.07, 6.45) is 1.34. The number of nitrogens with zero attached hydrogens (tertiary/aromatic N) is 3. The molecule has 7 nitrogen and oxygen atoms in total. The average Bonchev–Trinajstić information content (AvgIpc) is 2.44. The molecule has 2 aromatic rings. The first-order chi connectivity index (χ1) is 9.92. The average molecular weight is 350 g/mol. The molecule has 110 valence electrons. The van der Waals surface area contributed by atoms with Crippen LogP contribution in [0.5, 0.6) is 11.6 Å². The van der Waals surface area contributed by atoms with E-state index in [1.54, 1.807) is 7.05 Å². The first kappa shape index (κ1) is 15.6. The number of anilines is 1. The number of ether oxygens (including phenoxy) is 1. The summed E-state index contributed by atoms with van der Waals surface area (Å²) in [6, 6.07) is 2.24. The number of nitro benzene ring substituents is 1. The van der Waals surface area contributed by atoms with Crippen molar-refractivity contribution in [3.63, 3.8) is 0 Å². The van der Waals surface area contributed by atoms with Gasteiger partial charge in [-0.1, -0.05) is 34.8 Å². The largest absolute Gasteiger partial charge is 0.434 e. The molecule has 2 rings (SSSR count). The van der Waals surface area contributed by atoms with Crippen molar-refractivity contribution in [1.82, 2.24) is 9.97 Å². The Labute approximate surface area is 134 Å². The Balaban J connectivity index is 2.42. The Morgan fingerprint density at radius 3 is 2.38 bits per heavy atom. The lowest BCUT2D eigenvalue weighted by Gasteiger charge is -2.10. The molecule has 0 unspecified atom stereocenters. The predicted octanol–water partition coefficient (Wildman–Crippen LogP) is 4.18. The van der Waals surface area contributed by atoms with Crippen molar-refractivity contribution in [2.45, 2.75) is 0 Å². The molecule has 0 aliphatic heterocycles. The van der Waals surface area contributed by atoms with Crippen molar-refractivity contribution in [1.29, 1.82) is 0 Å². The third-order valence-electron chi connectivity index (χ3n) is 2.33. The lowest BCUT2D eigenvalue weighted by molar-refractivity contribution is -0.384.